The fourth-order valence-corrected chi connectivity index (χ4v) is 3.75. The molecule has 116 valence electrons. The predicted molar refractivity (Wildman–Crippen MR) is 85.4 cm³/mol. The molecule has 0 saturated heterocycles. The maximum absolute atomic E-state index is 12.7. The fraction of sp³-hybridized carbons (Fsp3) is 0.529. The Kier molecular flexibility index (Phi) is 2.93. The Labute approximate surface area is 130 Å². The van der Waals surface area contributed by atoms with E-state index in [9.17, 15) is 4.79 Å². The van der Waals surface area contributed by atoms with E-state index in [1.807, 2.05) is 24.7 Å². The molecule has 0 atom stereocenters. The van der Waals surface area contributed by atoms with Crippen molar-refractivity contribution >= 4 is 11.7 Å². The number of aryl methyl sites for hydroxylation is 3. The van der Waals surface area contributed by atoms with Crippen LogP contribution in [0.5, 0.6) is 0 Å². The van der Waals surface area contributed by atoms with Gasteiger partial charge < -0.3 is 9.88 Å². The first-order valence-corrected chi connectivity index (χ1v) is 8.10. The predicted octanol–water partition coefficient (Wildman–Crippen LogP) is 2.91. The quantitative estimate of drug-likeness (QED) is 0.947. The van der Waals surface area contributed by atoms with Crippen molar-refractivity contribution in [3.05, 3.63) is 34.3 Å². The number of anilines is 1. The summed E-state index contributed by atoms with van der Waals surface area (Å²) in [5.41, 5.74) is 5.40. The summed E-state index contributed by atoms with van der Waals surface area (Å²) in [6, 6.07) is 2.61. The van der Waals surface area contributed by atoms with Gasteiger partial charge in [0.15, 0.2) is 0 Å². The summed E-state index contributed by atoms with van der Waals surface area (Å²) in [5, 5.41) is 7.61. The van der Waals surface area contributed by atoms with Gasteiger partial charge in [-0.05, 0) is 52.0 Å². The van der Waals surface area contributed by atoms with Crippen molar-refractivity contribution in [2.45, 2.75) is 52.0 Å². The van der Waals surface area contributed by atoms with Gasteiger partial charge in [0.05, 0.1) is 11.3 Å². The van der Waals surface area contributed by atoms with Crippen LogP contribution >= 0.6 is 0 Å². The Hall–Kier alpha value is -2.04. The highest BCUT2D eigenvalue weighted by Crippen LogP contribution is 2.38. The Morgan fingerprint density at radius 1 is 1.32 bits per heavy atom. The number of carbonyl (C=O) groups excluding carboxylic acids is 1. The van der Waals surface area contributed by atoms with E-state index in [0.717, 1.165) is 42.0 Å². The molecule has 0 aromatic carbocycles. The molecule has 1 N–H and O–H groups in total. The lowest BCUT2D eigenvalue weighted by Crippen LogP contribution is -2.16. The molecule has 5 heteroatoms. The van der Waals surface area contributed by atoms with Gasteiger partial charge in [0.1, 0.15) is 5.82 Å². The summed E-state index contributed by atoms with van der Waals surface area (Å²) in [6.45, 7) is 4.14. The first-order valence-electron chi connectivity index (χ1n) is 8.10. The highest BCUT2D eigenvalue weighted by atomic mass is 16.1. The van der Waals surface area contributed by atoms with E-state index in [1.54, 1.807) is 0 Å². The molecule has 1 saturated carbocycles. The summed E-state index contributed by atoms with van der Waals surface area (Å²) >= 11 is 0. The lowest BCUT2D eigenvalue weighted by atomic mass is 10.2. The second-order valence-corrected chi connectivity index (χ2v) is 6.59. The van der Waals surface area contributed by atoms with Gasteiger partial charge in [0.2, 0.25) is 0 Å². The standard InChI is InChI=1S/C17H22N4O/c1-10-9-14(11(2)21(10)12-7-8-12)17(22)18-16-13-5-4-6-15(13)19-20(16)3/h9,12H,4-8H2,1-3H3,(H,18,22). The van der Waals surface area contributed by atoms with Crippen molar-refractivity contribution in [1.82, 2.24) is 14.3 Å². The van der Waals surface area contributed by atoms with Crippen LogP contribution < -0.4 is 5.32 Å². The highest BCUT2D eigenvalue weighted by molar-refractivity contribution is 6.05. The zero-order valence-corrected chi connectivity index (χ0v) is 13.4. The number of nitrogens with zero attached hydrogens (tertiary/aromatic N) is 3. The third-order valence-corrected chi connectivity index (χ3v) is 4.94. The topological polar surface area (TPSA) is 51.9 Å². The van der Waals surface area contributed by atoms with E-state index >= 15 is 0 Å². The second-order valence-electron chi connectivity index (χ2n) is 6.59. The lowest BCUT2D eigenvalue weighted by Gasteiger charge is -2.09. The van der Waals surface area contributed by atoms with Crippen LogP contribution in [-0.4, -0.2) is 20.3 Å². The number of aromatic nitrogens is 3. The number of amides is 1. The lowest BCUT2D eigenvalue weighted by molar-refractivity contribution is 0.102. The van der Waals surface area contributed by atoms with E-state index in [1.165, 1.54) is 24.1 Å². The van der Waals surface area contributed by atoms with Crippen molar-refractivity contribution in [2.24, 2.45) is 7.05 Å². The maximum Gasteiger partial charge on any atom is 0.258 e. The van der Waals surface area contributed by atoms with E-state index < -0.39 is 0 Å². The minimum absolute atomic E-state index is 0.0160. The largest absolute Gasteiger partial charge is 0.345 e. The third kappa shape index (κ3) is 1.99. The van der Waals surface area contributed by atoms with Crippen molar-refractivity contribution < 1.29 is 4.79 Å². The van der Waals surface area contributed by atoms with Crippen molar-refractivity contribution in [2.75, 3.05) is 5.32 Å². The monoisotopic (exact) mass is 298 g/mol. The summed E-state index contributed by atoms with van der Waals surface area (Å²) in [5.74, 6) is 0.853. The molecular formula is C17H22N4O. The molecule has 2 aliphatic rings. The highest BCUT2D eigenvalue weighted by Gasteiger charge is 2.29. The molecule has 0 bridgehead atoms. The average Bonchev–Trinajstić information content (AvgIpc) is 3.02. The molecule has 2 heterocycles. The number of carbonyl (C=O) groups is 1. The number of rotatable bonds is 3. The summed E-state index contributed by atoms with van der Waals surface area (Å²) in [4.78, 5) is 12.7. The van der Waals surface area contributed by atoms with Gasteiger partial charge >= 0.3 is 0 Å². The minimum atomic E-state index is -0.0160. The molecule has 1 amide bonds. The molecule has 1 fully saturated rings. The van der Waals surface area contributed by atoms with Crippen LogP contribution in [0.15, 0.2) is 6.07 Å². The second kappa shape index (κ2) is 4.73. The first-order chi connectivity index (χ1) is 10.6. The number of hydrogen-bond donors (Lipinski definition) is 1. The van der Waals surface area contributed by atoms with Gasteiger partial charge in [0, 0.05) is 30.0 Å². The van der Waals surface area contributed by atoms with Crippen LogP contribution in [0.25, 0.3) is 0 Å². The molecular weight excluding hydrogens is 276 g/mol. The summed E-state index contributed by atoms with van der Waals surface area (Å²) in [7, 11) is 1.90. The normalized spacial score (nSPS) is 16.9. The van der Waals surface area contributed by atoms with Crippen LogP contribution in [0.4, 0.5) is 5.82 Å². The molecule has 2 aliphatic carbocycles. The van der Waals surface area contributed by atoms with Crippen LogP contribution in [0, 0.1) is 13.8 Å². The number of nitrogens with one attached hydrogen (secondary N) is 1. The molecule has 0 radical (unpaired) electrons. The Bertz CT molecular complexity index is 764. The SMILES string of the molecule is Cc1cc(C(=O)Nc2c3c(nn2C)CCC3)c(C)n1C1CC1. The van der Waals surface area contributed by atoms with Gasteiger partial charge in [0.25, 0.3) is 5.91 Å². The van der Waals surface area contributed by atoms with Crippen LogP contribution in [0.2, 0.25) is 0 Å². The number of fused-ring (bicyclic) bond motifs is 1. The molecule has 2 aromatic rings. The Morgan fingerprint density at radius 2 is 2.09 bits per heavy atom. The Balaban J connectivity index is 1.64. The van der Waals surface area contributed by atoms with E-state index in [0.29, 0.717) is 6.04 Å². The van der Waals surface area contributed by atoms with Crippen molar-refractivity contribution in [3.63, 3.8) is 0 Å². The number of hydrogen-bond acceptors (Lipinski definition) is 2. The molecule has 4 rings (SSSR count). The van der Waals surface area contributed by atoms with Crippen molar-refractivity contribution in [3.8, 4) is 0 Å². The third-order valence-electron chi connectivity index (χ3n) is 4.94. The van der Waals surface area contributed by atoms with Crippen LogP contribution in [0.3, 0.4) is 0 Å². The minimum Gasteiger partial charge on any atom is -0.345 e. The summed E-state index contributed by atoms with van der Waals surface area (Å²) < 4.78 is 4.12. The van der Waals surface area contributed by atoms with E-state index in [2.05, 4.69) is 21.9 Å². The van der Waals surface area contributed by atoms with Gasteiger partial charge in [-0.25, -0.2) is 0 Å². The molecule has 0 unspecified atom stereocenters. The van der Waals surface area contributed by atoms with E-state index in [-0.39, 0.29) is 5.91 Å². The zero-order valence-electron chi connectivity index (χ0n) is 13.4. The van der Waals surface area contributed by atoms with Gasteiger partial charge in [-0.15, -0.1) is 0 Å². The average molecular weight is 298 g/mol. The summed E-state index contributed by atoms with van der Waals surface area (Å²) in [6.07, 6.45) is 5.63. The Morgan fingerprint density at radius 3 is 2.82 bits per heavy atom. The molecule has 2 aromatic heterocycles. The molecule has 0 aliphatic heterocycles. The van der Waals surface area contributed by atoms with Gasteiger partial charge in [-0.3, -0.25) is 9.48 Å². The first kappa shape index (κ1) is 13.6. The van der Waals surface area contributed by atoms with Crippen molar-refractivity contribution in [1.29, 1.82) is 0 Å². The van der Waals surface area contributed by atoms with Gasteiger partial charge in [-0.2, -0.15) is 5.10 Å². The zero-order chi connectivity index (χ0) is 15.4. The molecule has 0 spiro atoms. The molecule has 5 nitrogen and oxygen atoms in total. The molecule has 22 heavy (non-hydrogen) atoms. The van der Waals surface area contributed by atoms with E-state index in [4.69, 9.17) is 0 Å². The fourth-order valence-electron chi connectivity index (χ4n) is 3.75. The maximum atomic E-state index is 12.7. The van der Waals surface area contributed by atoms with Gasteiger partial charge in [-0.1, -0.05) is 0 Å². The van der Waals surface area contributed by atoms with Crippen LogP contribution in [0.1, 0.15) is 58.3 Å². The smallest absolute Gasteiger partial charge is 0.258 e. The van der Waals surface area contributed by atoms with Crippen LogP contribution in [-0.2, 0) is 19.9 Å².